The monoisotopic (exact) mass is 337 g/mol. The number of rotatable bonds is 2. The number of fused-ring (bicyclic) bond motifs is 2. The smallest absolute Gasteiger partial charge is 0.269 e. The Morgan fingerprint density at radius 3 is 2.72 bits per heavy atom. The number of nitrogens with zero attached hydrogens (tertiary/aromatic N) is 3. The van der Waals surface area contributed by atoms with Crippen LogP contribution in [0.2, 0.25) is 0 Å². The zero-order chi connectivity index (χ0) is 17.6. The van der Waals surface area contributed by atoms with Gasteiger partial charge in [0, 0.05) is 12.0 Å². The predicted octanol–water partition coefficient (Wildman–Crippen LogP) is 1.92. The first kappa shape index (κ1) is 15.7. The molecule has 0 fully saturated rings. The molecule has 7 nitrogen and oxygen atoms in total. The highest BCUT2D eigenvalue weighted by Crippen LogP contribution is 2.28. The van der Waals surface area contributed by atoms with Gasteiger partial charge in [-0.3, -0.25) is 10.2 Å². The number of para-hydroxylation sites is 1. The molecule has 0 saturated carbocycles. The molecule has 2 aromatic heterocycles. The van der Waals surface area contributed by atoms with E-state index in [1.807, 2.05) is 50.2 Å². The average Bonchev–Trinajstić information content (AvgIpc) is 2.60. The van der Waals surface area contributed by atoms with Crippen LogP contribution in [0.1, 0.15) is 25.1 Å². The van der Waals surface area contributed by atoms with Crippen molar-refractivity contribution < 1.29 is 4.74 Å². The summed E-state index contributed by atoms with van der Waals surface area (Å²) < 4.78 is 7.29. The van der Waals surface area contributed by atoms with Gasteiger partial charge in [0.25, 0.3) is 5.56 Å². The van der Waals surface area contributed by atoms with Crippen LogP contribution >= 0.6 is 0 Å². The van der Waals surface area contributed by atoms with Gasteiger partial charge in [-0.2, -0.15) is 4.98 Å². The van der Waals surface area contributed by atoms with Gasteiger partial charge in [0.05, 0.1) is 29.0 Å². The molecule has 0 amide bonds. The molecule has 0 bridgehead atoms. The summed E-state index contributed by atoms with van der Waals surface area (Å²) in [5, 5.41) is 0.449. The van der Waals surface area contributed by atoms with E-state index in [1.54, 1.807) is 0 Å². The minimum Gasteiger partial charge on any atom is -0.370 e. The molecule has 0 atom stereocenters. The number of pyridine rings is 1. The lowest BCUT2D eigenvalue weighted by molar-refractivity contribution is -0.0411. The van der Waals surface area contributed by atoms with E-state index in [1.165, 1.54) is 4.57 Å². The SMILES string of the molecule is CC1(C)Cc2nc3nc(NN)n(-c4ccccc4)c(=O)c3cc2CO1. The number of benzene rings is 1. The molecule has 0 aliphatic carbocycles. The Morgan fingerprint density at radius 1 is 1.24 bits per heavy atom. The first-order valence-corrected chi connectivity index (χ1v) is 8.10. The van der Waals surface area contributed by atoms with Crippen LogP contribution in [0.3, 0.4) is 0 Å². The third-order valence-corrected chi connectivity index (χ3v) is 4.38. The second-order valence-corrected chi connectivity index (χ2v) is 6.75. The Kier molecular flexibility index (Phi) is 3.55. The zero-order valence-electron chi connectivity index (χ0n) is 14.1. The van der Waals surface area contributed by atoms with Crippen LogP contribution < -0.4 is 16.8 Å². The molecule has 1 aliphatic rings. The molecule has 4 rings (SSSR count). The van der Waals surface area contributed by atoms with E-state index < -0.39 is 0 Å². The van der Waals surface area contributed by atoms with Crippen molar-refractivity contribution in [2.75, 3.05) is 5.43 Å². The maximum Gasteiger partial charge on any atom is 0.269 e. The molecule has 0 spiro atoms. The summed E-state index contributed by atoms with van der Waals surface area (Å²) in [4.78, 5) is 22.1. The molecule has 3 aromatic rings. The summed E-state index contributed by atoms with van der Waals surface area (Å²) in [5.74, 6) is 5.86. The second kappa shape index (κ2) is 5.65. The van der Waals surface area contributed by atoms with Gasteiger partial charge in [-0.25, -0.2) is 15.4 Å². The average molecular weight is 337 g/mol. The van der Waals surface area contributed by atoms with E-state index in [0.29, 0.717) is 29.7 Å². The zero-order valence-corrected chi connectivity index (χ0v) is 14.1. The van der Waals surface area contributed by atoms with Gasteiger partial charge in [-0.1, -0.05) is 18.2 Å². The molecule has 3 N–H and O–H groups in total. The van der Waals surface area contributed by atoms with Crippen LogP contribution in [0, 0.1) is 0 Å². The van der Waals surface area contributed by atoms with Gasteiger partial charge in [0.2, 0.25) is 5.95 Å². The maximum absolute atomic E-state index is 13.1. The fourth-order valence-electron chi connectivity index (χ4n) is 3.11. The molecule has 3 heterocycles. The minimum atomic E-state index is -0.276. The van der Waals surface area contributed by atoms with Crippen LogP contribution in [0.25, 0.3) is 16.7 Å². The fourth-order valence-corrected chi connectivity index (χ4v) is 3.11. The van der Waals surface area contributed by atoms with Gasteiger partial charge in [0.15, 0.2) is 5.65 Å². The number of ether oxygens (including phenoxy) is 1. The van der Waals surface area contributed by atoms with Crippen molar-refractivity contribution in [3.63, 3.8) is 0 Å². The molecular weight excluding hydrogens is 318 g/mol. The molecule has 0 unspecified atom stereocenters. The summed E-state index contributed by atoms with van der Waals surface area (Å²) in [7, 11) is 0. The minimum absolute atomic E-state index is 0.218. The van der Waals surface area contributed by atoms with E-state index in [2.05, 4.69) is 15.4 Å². The highest BCUT2D eigenvalue weighted by atomic mass is 16.5. The fraction of sp³-hybridized carbons (Fsp3) is 0.278. The summed E-state index contributed by atoms with van der Waals surface area (Å²) in [5.41, 5.74) is 4.93. The third-order valence-electron chi connectivity index (χ3n) is 4.38. The van der Waals surface area contributed by atoms with Gasteiger partial charge in [-0.15, -0.1) is 0 Å². The van der Waals surface area contributed by atoms with Gasteiger partial charge >= 0.3 is 0 Å². The summed E-state index contributed by atoms with van der Waals surface area (Å²) in [6.07, 6.45) is 0.674. The van der Waals surface area contributed by atoms with Gasteiger partial charge in [0.1, 0.15) is 0 Å². The van der Waals surface area contributed by atoms with Crippen molar-refractivity contribution in [2.24, 2.45) is 5.84 Å². The molecule has 1 aliphatic heterocycles. The molecule has 1 aromatic carbocycles. The van der Waals surface area contributed by atoms with E-state index in [4.69, 9.17) is 10.6 Å². The number of nitrogens with two attached hydrogens (primary N) is 1. The number of hydrazine groups is 1. The predicted molar refractivity (Wildman–Crippen MR) is 95.5 cm³/mol. The third kappa shape index (κ3) is 2.67. The Hall–Kier alpha value is -2.77. The number of nitrogen functional groups attached to an aromatic ring is 1. The molecule has 0 radical (unpaired) electrons. The highest BCUT2D eigenvalue weighted by molar-refractivity contribution is 5.77. The highest BCUT2D eigenvalue weighted by Gasteiger charge is 2.28. The molecule has 128 valence electrons. The topological polar surface area (TPSA) is 95.1 Å². The lowest BCUT2D eigenvalue weighted by Gasteiger charge is -2.31. The largest absolute Gasteiger partial charge is 0.370 e. The van der Waals surface area contributed by atoms with E-state index in [0.717, 1.165) is 11.3 Å². The Bertz CT molecular complexity index is 1010. The van der Waals surface area contributed by atoms with Crippen molar-refractivity contribution in [1.82, 2.24) is 14.5 Å². The maximum atomic E-state index is 13.1. The van der Waals surface area contributed by atoms with E-state index in [9.17, 15) is 4.79 Å². The van der Waals surface area contributed by atoms with Crippen LogP contribution in [0.15, 0.2) is 41.2 Å². The molecule has 25 heavy (non-hydrogen) atoms. The standard InChI is InChI=1S/C18H19N5O2/c1-18(2)9-14-11(10-25-18)8-13-15(20-14)21-17(22-19)23(16(13)24)12-6-4-3-5-7-12/h3-8H,9-10,19H2,1-2H3,(H,20,21,22). The van der Waals surface area contributed by atoms with Gasteiger partial charge < -0.3 is 4.74 Å². The Balaban J connectivity index is 1.98. The number of hydrogen-bond donors (Lipinski definition) is 2. The Labute approximate surface area is 144 Å². The van der Waals surface area contributed by atoms with Crippen molar-refractivity contribution in [3.05, 3.63) is 58.0 Å². The van der Waals surface area contributed by atoms with E-state index in [-0.39, 0.29) is 17.1 Å². The van der Waals surface area contributed by atoms with Crippen molar-refractivity contribution >= 4 is 17.0 Å². The first-order valence-electron chi connectivity index (χ1n) is 8.10. The lowest BCUT2D eigenvalue weighted by atomic mass is 9.95. The van der Waals surface area contributed by atoms with Crippen LogP contribution in [0.4, 0.5) is 5.95 Å². The second-order valence-electron chi connectivity index (χ2n) is 6.75. The molecular formula is C18H19N5O2. The Morgan fingerprint density at radius 2 is 2.00 bits per heavy atom. The number of anilines is 1. The molecule has 0 saturated heterocycles. The first-order chi connectivity index (χ1) is 12.0. The lowest BCUT2D eigenvalue weighted by Crippen LogP contribution is -2.33. The normalized spacial score (nSPS) is 15.8. The van der Waals surface area contributed by atoms with Crippen molar-refractivity contribution in [2.45, 2.75) is 32.5 Å². The summed E-state index contributed by atoms with van der Waals surface area (Å²) >= 11 is 0. The number of hydrogen-bond acceptors (Lipinski definition) is 6. The van der Waals surface area contributed by atoms with Gasteiger partial charge in [-0.05, 0) is 32.0 Å². The van der Waals surface area contributed by atoms with Crippen LogP contribution in [-0.2, 0) is 17.8 Å². The van der Waals surface area contributed by atoms with Crippen LogP contribution in [0.5, 0.6) is 0 Å². The quantitative estimate of drug-likeness (QED) is 0.548. The number of aromatic nitrogens is 3. The summed E-state index contributed by atoms with van der Waals surface area (Å²) in [6.45, 7) is 4.48. The van der Waals surface area contributed by atoms with Crippen molar-refractivity contribution in [1.29, 1.82) is 0 Å². The van der Waals surface area contributed by atoms with Crippen LogP contribution in [-0.4, -0.2) is 20.1 Å². The molecule has 7 heteroatoms. The van der Waals surface area contributed by atoms with E-state index >= 15 is 0 Å². The summed E-state index contributed by atoms with van der Waals surface area (Å²) in [6, 6.07) is 11.1. The van der Waals surface area contributed by atoms with Crippen molar-refractivity contribution in [3.8, 4) is 5.69 Å². The number of nitrogens with one attached hydrogen (secondary N) is 1.